The third kappa shape index (κ3) is 2.38. The van der Waals surface area contributed by atoms with Crippen molar-refractivity contribution in [1.29, 1.82) is 0 Å². The highest BCUT2D eigenvalue weighted by Crippen LogP contribution is 2.23. The molecule has 0 saturated carbocycles. The summed E-state index contributed by atoms with van der Waals surface area (Å²) in [5, 5.41) is 16.1. The van der Waals surface area contributed by atoms with Crippen molar-refractivity contribution < 1.29 is 19.1 Å². The number of nitrogens with two attached hydrogens (primary N) is 1. The molecule has 3 heterocycles. The molecule has 0 unspecified atom stereocenters. The third-order valence-electron chi connectivity index (χ3n) is 3.33. The average molecular weight is 291 g/mol. The number of carboxylic acid groups (broad SMARTS) is 1. The Hall–Kier alpha value is -2.68. The molecule has 0 spiro atoms. The van der Waals surface area contributed by atoms with Crippen LogP contribution in [0.4, 0.5) is 0 Å². The summed E-state index contributed by atoms with van der Waals surface area (Å²) in [6.45, 7) is 1.10. The zero-order valence-corrected chi connectivity index (χ0v) is 11.0. The summed E-state index contributed by atoms with van der Waals surface area (Å²) >= 11 is 0. The van der Waals surface area contributed by atoms with Crippen molar-refractivity contribution in [3.8, 4) is 0 Å². The minimum absolute atomic E-state index is 0.0708. The van der Waals surface area contributed by atoms with Crippen molar-refractivity contribution >= 4 is 11.9 Å². The van der Waals surface area contributed by atoms with Gasteiger partial charge in [0.2, 0.25) is 0 Å². The Morgan fingerprint density at radius 3 is 2.76 bits per heavy atom. The van der Waals surface area contributed by atoms with E-state index in [4.69, 9.17) is 15.3 Å². The van der Waals surface area contributed by atoms with E-state index in [0.29, 0.717) is 18.8 Å². The van der Waals surface area contributed by atoms with Crippen LogP contribution < -0.4 is 5.73 Å². The smallest absolute Gasteiger partial charge is 0.358 e. The molecule has 9 heteroatoms. The van der Waals surface area contributed by atoms with Gasteiger partial charge in [-0.05, 0) is 12.1 Å². The molecule has 9 nitrogen and oxygen atoms in total. The van der Waals surface area contributed by atoms with E-state index in [9.17, 15) is 9.59 Å². The lowest BCUT2D eigenvalue weighted by atomic mass is 10.1. The highest BCUT2D eigenvalue weighted by molar-refractivity contribution is 5.92. The van der Waals surface area contributed by atoms with E-state index in [1.807, 2.05) is 0 Å². The zero-order chi connectivity index (χ0) is 15.0. The maximum Gasteiger partial charge on any atom is 0.358 e. The van der Waals surface area contributed by atoms with Crippen molar-refractivity contribution in [2.75, 3.05) is 13.1 Å². The predicted molar refractivity (Wildman–Crippen MR) is 68.5 cm³/mol. The van der Waals surface area contributed by atoms with Crippen LogP contribution in [-0.4, -0.2) is 50.0 Å². The number of furan rings is 1. The second-order valence-corrected chi connectivity index (χ2v) is 4.72. The first kappa shape index (κ1) is 13.3. The number of aromatic carboxylic acids is 1. The number of carbonyl (C=O) groups is 2. The lowest BCUT2D eigenvalue weighted by Gasteiger charge is -2.38. The molecule has 1 aliphatic rings. The molecule has 1 amide bonds. The number of rotatable bonds is 4. The number of hydrogen-bond donors (Lipinski definition) is 2. The summed E-state index contributed by atoms with van der Waals surface area (Å²) in [6, 6.07) is 3.19. The predicted octanol–water partition coefficient (Wildman–Crippen LogP) is -0.275. The second kappa shape index (κ2) is 5.02. The number of nitrogens with zero attached hydrogens (tertiary/aromatic N) is 4. The van der Waals surface area contributed by atoms with Gasteiger partial charge in [-0.15, -0.1) is 5.10 Å². The third-order valence-corrected chi connectivity index (χ3v) is 3.33. The van der Waals surface area contributed by atoms with Gasteiger partial charge < -0.3 is 20.2 Å². The van der Waals surface area contributed by atoms with Gasteiger partial charge in [0, 0.05) is 13.1 Å². The van der Waals surface area contributed by atoms with Crippen molar-refractivity contribution in [3.63, 3.8) is 0 Å². The first-order valence-corrected chi connectivity index (χ1v) is 6.31. The van der Waals surface area contributed by atoms with Crippen LogP contribution in [0.25, 0.3) is 0 Å². The topological polar surface area (TPSA) is 127 Å². The first-order valence-electron chi connectivity index (χ1n) is 6.31. The first-order chi connectivity index (χ1) is 10.1. The van der Waals surface area contributed by atoms with E-state index in [0.717, 1.165) is 0 Å². The van der Waals surface area contributed by atoms with E-state index < -0.39 is 5.97 Å². The number of amides is 1. The Kier molecular flexibility index (Phi) is 3.18. The molecule has 3 N–H and O–H groups in total. The molecule has 1 aliphatic heterocycles. The highest BCUT2D eigenvalue weighted by Gasteiger charge is 2.34. The standard InChI is InChI=1S/C12H13N5O4/c13-3-8-1-2-10(21-8)11(18)16-4-7(5-16)17-6-9(12(19)20)14-15-17/h1-2,6-7H,3-5,13H2,(H,19,20). The van der Waals surface area contributed by atoms with Gasteiger partial charge in [-0.25, -0.2) is 9.48 Å². The number of hydrogen-bond acceptors (Lipinski definition) is 6. The zero-order valence-electron chi connectivity index (χ0n) is 11.0. The summed E-state index contributed by atoms with van der Waals surface area (Å²) in [4.78, 5) is 24.4. The van der Waals surface area contributed by atoms with Crippen LogP contribution >= 0.6 is 0 Å². The number of likely N-dealkylation sites (tertiary alicyclic amines) is 1. The summed E-state index contributed by atoms with van der Waals surface area (Å²) < 4.78 is 6.76. The van der Waals surface area contributed by atoms with Gasteiger partial charge in [0.05, 0.1) is 18.8 Å². The Bertz CT molecular complexity index is 685. The molecule has 1 fully saturated rings. The van der Waals surface area contributed by atoms with E-state index in [1.54, 1.807) is 17.0 Å². The lowest BCUT2D eigenvalue weighted by Crippen LogP contribution is -2.50. The fourth-order valence-electron chi connectivity index (χ4n) is 2.10. The van der Waals surface area contributed by atoms with Crippen LogP contribution in [0.1, 0.15) is 32.8 Å². The molecule has 2 aromatic heterocycles. The summed E-state index contributed by atoms with van der Waals surface area (Å²) in [7, 11) is 0. The quantitative estimate of drug-likeness (QED) is 0.793. The second-order valence-electron chi connectivity index (χ2n) is 4.72. The van der Waals surface area contributed by atoms with E-state index in [-0.39, 0.29) is 29.9 Å². The molecule has 0 aliphatic carbocycles. The van der Waals surface area contributed by atoms with Gasteiger partial charge in [-0.1, -0.05) is 5.21 Å². The van der Waals surface area contributed by atoms with Gasteiger partial charge in [-0.2, -0.15) is 0 Å². The number of carboxylic acids is 1. The van der Waals surface area contributed by atoms with Crippen molar-refractivity contribution in [2.45, 2.75) is 12.6 Å². The summed E-state index contributed by atoms with van der Waals surface area (Å²) in [5.41, 5.74) is 5.31. The molecule has 0 atom stereocenters. The van der Waals surface area contributed by atoms with Gasteiger partial charge in [0.1, 0.15) is 5.76 Å². The van der Waals surface area contributed by atoms with E-state index in [1.165, 1.54) is 10.9 Å². The van der Waals surface area contributed by atoms with Gasteiger partial charge in [-0.3, -0.25) is 4.79 Å². The van der Waals surface area contributed by atoms with Crippen LogP contribution in [0.2, 0.25) is 0 Å². The molecule has 21 heavy (non-hydrogen) atoms. The SMILES string of the molecule is NCc1ccc(C(=O)N2CC(n3cc(C(=O)O)nn3)C2)o1. The van der Waals surface area contributed by atoms with Crippen molar-refractivity contribution in [1.82, 2.24) is 19.9 Å². The molecular formula is C12H13N5O4. The summed E-state index contributed by atoms with van der Waals surface area (Å²) in [6.07, 6.45) is 1.36. The fourth-order valence-corrected chi connectivity index (χ4v) is 2.10. The molecule has 3 rings (SSSR count). The molecule has 2 aromatic rings. The minimum Gasteiger partial charge on any atom is -0.476 e. The van der Waals surface area contributed by atoms with Crippen LogP contribution in [0.5, 0.6) is 0 Å². The van der Waals surface area contributed by atoms with E-state index in [2.05, 4.69) is 10.3 Å². The summed E-state index contributed by atoms with van der Waals surface area (Å²) in [5.74, 6) is -0.542. The number of aromatic nitrogens is 3. The molecule has 0 radical (unpaired) electrons. The molecule has 110 valence electrons. The average Bonchev–Trinajstić information content (AvgIpc) is 3.05. The van der Waals surface area contributed by atoms with Gasteiger partial charge in [0.25, 0.3) is 5.91 Å². The van der Waals surface area contributed by atoms with Crippen molar-refractivity contribution in [2.24, 2.45) is 5.73 Å². The largest absolute Gasteiger partial charge is 0.476 e. The normalized spacial score (nSPS) is 15.0. The lowest BCUT2D eigenvalue weighted by molar-refractivity contribution is 0.0464. The number of carbonyl (C=O) groups excluding carboxylic acids is 1. The highest BCUT2D eigenvalue weighted by atomic mass is 16.4. The minimum atomic E-state index is -1.13. The molecule has 1 saturated heterocycles. The molecular weight excluding hydrogens is 278 g/mol. The van der Waals surface area contributed by atoms with Crippen molar-refractivity contribution in [3.05, 3.63) is 35.5 Å². The van der Waals surface area contributed by atoms with Crippen LogP contribution in [0, 0.1) is 0 Å². The monoisotopic (exact) mass is 291 g/mol. The van der Waals surface area contributed by atoms with Crippen LogP contribution in [0.15, 0.2) is 22.7 Å². The maximum absolute atomic E-state index is 12.1. The molecule has 0 aromatic carbocycles. The Morgan fingerprint density at radius 1 is 1.43 bits per heavy atom. The van der Waals surface area contributed by atoms with Gasteiger partial charge >= 0.3 is 5.97 Å². The van der Waals surface area contributed by atoms with Crippen LogP contribution in [0.3, 0.4) is 0 Å². The fraction of sp³-hybridized carbons (Fsp3) is 0.333. The maximum atomic E-state index is 12.1. The Labute approximate surface area is 118 Å². The Balaban J connectivity index is 1.62. The van der Waals surface area contributed by atoms with Crippen LogP contribution in [-0.2, 0) is 6.54 Å². The molecule has 0 bridgehead atoms. The Morgan fingerprint density at radius 2 is 2.19 bits per heavy atom. The van der Waals surface area contributed by atoms with E-state index >= 15 is 0 Å². The van der Waals surface area contributed by atoms with Gasteiger partial charge in [0.15, 0.2) is 11.5 Å².